The third-order valence-corrected chi connectivity index (χ3v) is 3.84. The van der Waals surface area contributed by atoms with Gasteiger partial charge in [0.05, 0.1) is 24.6 Å². The lowest BCUT2D eigenvalue weighted by Crippen LogP contribution is -2.38. The quantitative estimate of drug-likeness (QED) is 0.898. The van der Waals surface area contributed by atoms with Gasteiger partial charge in [0, 0.05) is 32.9 Å². The number of anilines is 1. The van der Waals surface area contributed by atoms with Crippen LogP contribution in [-0.2, 0) is 11.8 Å². The summed E-state index contributed by atoms with van der Waals surface area (Å²) < 4.78 is 7.74. The van der Waals surface area contributed by atoms with Crippen LogP contribution in [0, 0.1) is 0 Å². The normalized spacial score (nSPS) is 17.0. The maximum Gasteiger partial charge on any atom is 0.156 e. The molecule has 1 aliphatic heterocycles. The monoisotopic (exact) mass is 275 g/mol. The zero-order valence-electron chi connectivity index (χ0n) is 11.8. The van der Waals surface area contributed by atoms with Gasteiger partial charge in [-0.3, -0.25) is 0 Å². The summed E-state index contributed by atoms with van der Waals surface area (Å²) in [7, 11) is 2.01. The molecule has 0 spiro atoms. The second-order valence-electron chi connectivity index (χ2n) is 5.20. The van der Waals surface area contributed by atoms with E-state index >= 15 is 0 Å². The number of hydrogen-bond donors (Lipinski definition) is 1. The molecule has 1 fully saturated rings. The summed E-state index contributed by atoms with van der Waals surface area (Å²) in [4.78, 5) is 11.3. The molecule has 0 unspecified atom stereocenters. The summed E-state index contributed by atoms with van der Waals surface area (Å²) in [5.41, 5.74) is 7.58. The van der Waals surface area contributed by atoms with E-state index < -0.39 is 0 Å². The minimum atomic E-state index is 0.331. The number of fused-ring (bicyclic) bond motifs is 1. The Kier molecular flexibility index (Phi) is 3.84. The zero-order valence-corrected chi connectivity index (χ0v) is 11.8. The molecule has 1 aliphatic rings. The van der Waals surface area contributed by atoms with E-state index in [0.717, 1.165) is 42.8 Å². The fourth-order valence-corrected chi connectivity index (χ4v) is 2.75. The number of pyridine rings is 1. The van der Waals surface area contributed by atoms with Crippen LogP contribution in [0.4, 0.5) is 5.82 Å². The summed E-state index contributed by atoms with van der Waals surface area (Å²) in [5.74, 6) is 0.986. The Labute approximate surface area is 118 Å². The molecule has 6 heteroatoms. The van der Waals surface area contributed by atoms with Crippen LogP contribution in [0.5, 0.6) is 0 Å². The first-order valence-electron chi connectivity index (χ1n) is 7.12. The standard InChI is InChI=1S/C14H21N5O/c1-18-10-17-13-12(18)2-6-16-14(13)19-7-3-11(4-8-19)20-9-5-15/h2,6,10-11H,3-5,7-9,15H2,1H3. The number of hydrogen-bond acceptors (Lipinski definition) is 5. The van der Waals surface area contributed by atoms with Crippen molar-refractivity contribution >= 4 is 16.9 Å². The first-order valence-corrected chi connectivity index (χ1v) is 7.12. The second kappa shape index (κ2) is 5.76. The van der Waals surface area contributed by atoms with E-state index in [-0.39, 0.29) is 0 Å². The van der Waals surface area contributed by atoms with Crippen LogP contribution in [0.3, 0.4) is 0 Å². The SMILES string of the molecule is Cn1cnc2c(N3CCC(OCCN)CC3)nccc21. The maximum atomic E-state index is 5.72. The van der Waals surface area contributed by atoms with E-state index in [1.807, 2.05) is 30.2 Å². The van der Waals surface area contributed by atoms with Crippen molar-refractivity contribution in [3.8, 4) is 0 Å². The van der Waals surface area contributed by atoms with Crippen LogP contribution in [0.2, 0.25) is 0 Å². The highest BCUT2D eigenvalue weighted by Crippen LogP contribution is 2.25. The van der Waals surface area contributed by atoms with Gasteiger partial charge in [0.15, 0.2) is 5.82 Å². The van der Waals surface area contributed by atoms with Crippen LogP contribution in [-0.4, -0.2) is 46.9 Å². The van der Waals surface area contributed by atoms with Gasteiger partial charge in [-0.25, -0.2) is 9.97 Å². The van der Waals surface area contributed by atoms with Crippen LogP contribution >= 0.6 is 0 Å². The number of aryl methyl sites for hydroxylation is 1. The second-order valence-corrected chi connectivity index (χ2v) is 5.20. The molecule has 0 radical (unpaired) electrons. The topological polar surface area (TPSA) is 69.2 Å². The molecule has 3 rings (SSSR count). The fraction of sp³-hybridized carbons (Fsp3) is 0.571. The Morgan fingerprint density at radius 3 is 2.90 bits per heavy atom. The molecule has 20 heavy (non-hydrogen) atoms. The van der Waals surface area contributed by atoms with Crippen molar-refractivity contribution in [3.63, 3.8) is 0 Å². The summed E-state index contributed by atoms with van der Waals surface area (Å²) >= 11 is 0. The fourth-order valence-electron chi connectivity index (χ4n) is 2.75. The highest BCUT2D eigenvalue weighted by molar-refractivity contribution is 5.86. The first-order chi connectivity index (χ1) is 9.79. The van der Waals surface area contributed by atoms with Crippen molar-refractivity contribution in [2.24, 2.45) is 12.8 Å². The number of rotatable bonds is 4. The minimum absolute atomic E-state index is 0.331. The number of ether oxygens (including phenoxy) is 1. The van der Waals surface area contributed by atoms with Gasteiger partial charge in [0.2, 0.25) is 0 Å². The summed E-state index contributed by atoms with van der Waals surface area (Å²) in [6.45, 7) is 3.16. The molecule has 0 atom stereocenters. The minimum Gasteiger partial charge on any atom is -0.377 e. The van der Waals surface area contributed by atoms with Crippen molar-refractivity contribution in [2.45, 2.75) is 18.9 Å². The lowest BCUT2D eigenvalue weighted by molar-refractivity contribution is 0.0421. The molecular formula is C14H21N5O. The molecule has 6 nitrogen and oxygen atoms in total. The Balaban J connectivity index is 1.73. The average molecular weight is 275 g/mol. The van der Waals surface area contributed by atoms with Crippen molar-refractivity contribution < 1.29 is 4.74 Å². The smallest absolute Gasteiger partial charge is 0.156 e. The highest BCUT2D eigenvalue weighted by atomic mass is 16.5. The van der Waals surface area contributed by atoms with Crippen molar-refractivity contribution in [3.05, 3.63) is 18.6 Å². The van der Waals surface area contributed by atoms with E-state index in [0.29, 0.717) is 19.3 Å². The van der Waals surface area contributed by atoms with Crippen molar-refractivity contribution in [1.29, 1.82) is 0 Å². The molecule has 108 valence electrons. The van der Waals surface area contributed by atoms with Crippen LogP contribution in [0.1, 0.15) is 12.8 Å². The molecule has 0 saturated carbocycles. The summed E-state index contributed by atoms with van der Waals surface area (Å²) in [6, 6.07) is 2.00. The van der Waals surface area contributed by atoms with Crippen LogP contribution in [0.25, 0.3) is 11.0 Å². The number of aromatic nitrogens is 3. The van der Waals surface area contributed by atoms with Gasteiger partial charge in [-0.1, -0.05) is 0 Å². The lowest BCUT2D eigenvalue weighted by Gasteiger charge is -2.32. The van der Waals surface area contributed by atoms with Gasteiger partial charge < -0.3 is 19.9 Å². The van der Waals surface area contributed by atoms with E-state index in [4.69, 9.17) is 10.5 Å². The average Bonchev–Trinajstić information content (AvgIpc) is 2.87. The Hall–Kier alpha value is -1.66. The predicted octanol–water partition coefficient (Wildman–Crippen LogP) is 0.912. The highest BCUT2D eigenvalue weighted by Gasteiger charge is 2.22. The van der Waals surface area contributed by atoms with Crippen LogP contribution in [0.15, 0.2) is 18.6 Å². The Morgan fingerprint density at radius 2 is 2.15 bits per heavy atom. The Morgan fingerprint density at radius 1 is 1.35 bits per heavy atom. The van der Waals surface area contributed by atoms with Gasteiger partial charge in [0.1, 0.15) is 5.52 Å². The van der Waals surface area contributed by atoms with Gasteiger partial charge in [-0.05, 0) is 18.9 Å². The third-order valence-electron chi connectivity index (χ3n) is 3.84. The zero-order chi connectivity index (χ0) is 13.9. The van der Waals surface area contributed by atoms with Crippen molar-refractivity contribution in [2.75, 3.05) is 31.1 Å². The van der Waals surface area contributed by atoms with E-state index in [1.165, 1.54) is 0 Å². The van der Waals surface area contributed by atoms with Crippen LogP contribution < -0.4 is 10.6 Å². The predicted molar refractivity (Wildman–Crippen MR) is 78.8 cm³/mol. The van der Waals surface area contributed by atoms with Gasteiger partial charge in [-0.2, -0.15) is 0 Å². The third kappa shape index (κ3) is 2.48. The first kappa shape index (κ1) is 13.3. The number of imidazole rings is 1. The van der Waals surface area contributed by atoms with Gasteiger partial charge in [-0.15, -0.1) is 0 Å². The van der Waals surface area contributed by atoms with Gasteiger partial charge >= 0.3 is 0 Å². The molecule has 2 aromatic heterocycles. The number of nitrogens with zero attached hydrogens (tertiary/aromatic N) is 4. The molecule has 0 amide bonds. The van der Waals surface area contributed by atoms with E-state index in [1.54, 1.807) is 0 Å². The maximum absolute atomic E-state index is 5.72. The molecule has 0 aliphatic carbocycles. The number of nitrogens with two attached hydrogens (primary N) is 1. The number of piperidine rings is 1. The molecular weight excluding hydrogens is 254 g/mol. The Bertz CT molecular complexity index is 574. The molecule has 3 heterocycles. The largest absolute Gasteiger partial charge is 0.377 e. The van der Waals surface area contributed by atoms with Crippen molar-refractivity contribution in [1.82, 2.24) is 14.5 Å². The molecule has 0 bridgehead atoms. The molecule has 0 aromatic carbocycles. The summed E-state index contributed by atoms with van der Waals surface area (Å²) in [6.07, 6.45) is 6.07. The van der Waals surface area contributed by atoms with E-state index in [9.17, 15) is 0 Å². The van der Waals surface area contributed by atoms with Gasteiger partial charge in [0.25, 0.3) is 0 Å². The molecule has 2 aromatic rings. The molecule has 1 saturated heterocycles. The van der Waals surface area contributed by atoms with E-state index in [2.05, 4.69) is 14.9 Å². The lowest BCUT2D eigenvalue weighted by atomic mass is 10.1. The summed E-state index contributed by atoms with van der Waals surface area (Å²) in [5, 5.41) is 0. The molecule has 2 N–H and O–H groups in total.